The van der Waals surface area contributed by atoms with E-state index < -0.39 is 0 Å². The van der Waals surface area contributed by atoms with E-state index in [9.17, 15) is 0 Å². The van der Waals surface area contributed by atoms with Gasteiger partial charge in [-0.25, -0.2) is 4.98 Å². The highest BCUT2D eigenvalue weighted by molar-refractivity contribution is 4.99. The van der Waals surface area contributed by atoms with E-state index in [1.54, 1.807) is 6.33 Å². The van der Waals surface area contributed by atoms with Gasteiger partial charge in [-0.2, -0.15) is 5.10 Å². The van der Waals surface area contributed by atoms with Crippen molar-refractivity contribution in [2.75, 3.05) is 39.8 Å². The number of hydrogen-bond donors (Lipinski definition) is 1. The molecular formula is C12H22N6. The van der Waals surface area contributed by atoms with Crippen molar-refractivity contribution < 1.29 is 0 Å². The zero-order chi connectivity index (χ0) is 12.5. The predicted molar refractivity (Wildman–Crippen MR) is 69.4 cm³/mol. The van der Waals surface area contributed by atoms with E-state index in [1.807, 2.05) is 11.7 Å². The quantitative estimate of drug-likeness (QED) is 0.738. The van der Waals surface area contributed by atoms with E-state index >= 15 is 0 Å². The largest absolute Gasteiger partial charge is 0.315 e. The Bertz CT molecular complexity index is 395. The maximum atomic E-state index is 4.34. The molecule has 6 nitrogen and oxygen atoms in total. The highest BCUT2D eigenvalue weighted by Gasteiger charge is 2.36. The Labute approximate surface area is 108 Å². The van der Waals surface area contributed by atoms with Crippen LogP contribution in [0.25, 0.3) is 0 Å². The number of nitrogens with zero attached hydrogens (tertiary/aromatic N) is 5. The SMILES string of the molecule is CNC(Cc1ncnn1C)C1CN2CCN1CC2. The molecule has 3 aliphatic heterocycles. The molecule has 0 aliphatic carbocycles. The van der Waals surface area contributed by atoms with Crippen molar-refractivity contribution in [3.05, 3.63) is 12.2 Å². The minimum Gasteiger partial charge on any atom is -0.315 e. The molecule has 0 amide bonds. The minimum absolute atomic E-state index is 0.455. The van der Waals surface area contributed by atoms with Crippen LogP contribution in [0.5, 0.6) is 0 Å². The summed E-state index contributed by atoms with van der Waals surface area (Å²) < 4.78 is 1.88. The standard InChI is InChI=1S/C12H22N6/c1-13-10(7-12-14-9-15-16(12)2)11-8-17-3-5-18(11)6-4-17/h9-11,13H,3-8H2,1-2H3. The van der Waals surface area contributed by atoms with Gasteiger partial charge >= 0.3 is 0 Å². The second-order valence-corrected chi connectivity index (χ2v) is 5.30. The number of aryl methyl sites for hydroxylation is 1. The topological polar surface area (TPSA) is 49.2 Å². The molecule has 2 unspecified atom stereocenters. The van der Waals surface area contributed by atoms with Crippen LogP contribution in [0.4, 0.5) is 0 Å². The number of nitrogens with one attached hydrogen (secondary N) is 1. The minimum atomic E-state index is 0.455. The van der Waals surface area contributed by atoms with Crippen LogP contribution in [0.2, 0.25) is 0 Å². The molecule has 4 rings (SSSR count). The summed E-state index contributed by atoms with van der Waals surface area (Å²) in [6.45, 7) is 6.07. The van der Waals surface area contributed by atoms with Gasteiger partial charge in [0.05, 0.1) is 0 Å². The van der Waals surface area contributed by atoms with E-state index in [2.05, 4.69) is 32.2 Å². The monoisotopic (exact) mass is 250 g/mol. The first-order valence-corrected chi connectivity index (χ1v) is 6.74. The van der Waals surface area contributed by atoms with Gasteiger partial charge < -0.3 is 5.32 Å². The number of rotatable bonds is 4. The van der Waals surface area contributed by atoms with Gasteiger partial charge in [0.15, 0.2) is 0 Å². The maximum absolute atomic E-state index is 4.34. The fourth-order valence-electron chi connectivity index (χ4n) is 3.17. The Balaban J connectivity index is 1.71. The normalized spacial score (nSPS) is 32.7. The Morgan fingerprint density at radius 1 is 1.39 bits per heavy atom. The van der Waals surface area contributed by atoms with E-state index in [4.69, 9.17) is 0 Å². The number of hydrogen-bond acceptors (Lipinski definition) is 5. The number of likely N-dealkylation sites (N-methyl/N-ethyl adjacent to an activating group) is 1. The summed E-state index contributed by atoms with van der Waals surface area (Å²) in [4.78, 5) is 9.54. The van der Waals surface area contributed by atoms with Crippen molar-refractivity contribution in [1.29, 1.82) is 0 Å². The molecule has 1 aromatic heterocycles. The first-order valence-electron chi connectivity index (χ1n) is 6.74. The van der Waals surface area contributed by atoms with Gasteiger partial charge in [-0.3, -0.25) is 14.5 Å². The van der Waals surface area contributed by atoms with Gasteiger partial charge in [0.1, 0.15) is 12.2 Å². The fraction of sp³-hybridized carbons (Fsp3) is 0.833. The zero-order valence-electron chi connectivity index (χ0n) is 11.2. The molecule has 0 aromatic carbocycles. The molecule has 0 radical (unpaired) electrons. The average Bonchev–Trinajstić information content (AvgIpc) is 2.82. The fourth-order valence-corrected chi connectivity index (χ4v) is 3.17. The Morgan fingerprint density at radius 2 is 2.17 bits per heavy atom. The molecule has 6 heteroatoms. The first kappa shape index (κ1) is 12.1. The third-order valence-electron chi connectivity index (χ3n) is 4.36. The Hall–Kier alpha value is -0.980. The van der Waals surface area contributed by atoms with Crippen LogP contribution in [0, 0.1) is 0 Å². The van der Waals surface area contributed by atoms with Crippen molar-refractivity contribution in [2.24, 2.45) is 7.05 Å². The van der Waals surface area contributed by atoms with Crippen LogP contribution in [-0.4, -0.2) is 76.4 Å². The Morgan fingerprint density at radius 3 is 2.67 bits per heavy atom. The summed E-state index contributed by atoms with van der Waals surface area (Å²) in [6, 6.07) is 1.06. The van der Waals surface area contributed by atoms with Crippen LogP contribution in [0.3, 0.4) is 0 Å². The van der Waals surface area contributed by atoms with Crippen molar-refractivity contribution in [2.45, 2.75) is 18.5 Å². The van der Waals surface area contributed by atoms with Crippen LogP contribution in [0.15, 0.2) is 6.33 Å². The molecule has 0 spiro atoms. The maximum Gasteiger partial charge on any atom is 0.138 e. The summed E-state index contributed by atoms with van der Waals surface area (Å²) in [7, 11) is 4.02. The lowest BCUT2D eigenvalue weighted by Gasteiger charge is -2.50. The van der Waals surface area contributed by atoms with Crippen molar-refractivity contribution >= 4 is 0 Å². The van der Waals surface area contributed by atoms with Crippen LogP contribution in [0.1, 0.15) is 5.82 Å². The zero-order valence-corrected chi connectivity index (χ0v) is 11.2. The lowest BCUT2D eigenvalue weighted by molar-refractivity contribution is -0.00239. The molecule has 1 aromatic rings. The molecule has 4 heterocycles. The molecule has 18 heavy (non-hydrogen) atoms. The van der Waals surface area contributed by atoms with Crippen LogP contribution in [-0.2, 0) is 13.5 Å². The van der Waals surface area contributed by atoms with Crippen LogP contribution >= 0.6 is 0 Å². The van der Waals surface area contributed by atoms with E-state index in [0.29, 0.717) is 12.1 Å². The second-order valence-electron chi connectivity index (χ2n) is 5.30. The average molecular weight is 250 g/mol. The van der Waals surface area contributed by atoms with Gasteiger partial charge in [-0.05, 0) is 7.05 Å². The van der Waals surface area contributed by atoms with Crippen LogP contribution < -0.4 is 5.32 Å². The predicted octanol–water partition coefficient (Wildman–Crippen LogP) is -1.05. The van der Waals surface area contributed by atoms with Crippen molar-refractivity contribution in [3.63, 3.8) is 0 Å². The number of aromatic nitrogens is 3. The summed E-state index contributed by atoms with van der Waals surface area (Å²) in [5, 5.41) is 7.62. The van der Waals surface area contributed by atoms with Gasteiger partial charge in [0, 0.05) is 58.3 Å². The molecule has 0 saturated carbocycles. The smallest absolute Gasteiger partial charge is 0.138 e. The first-order chi connectivity index (χ1) is 8.78. The van der Waals surface area contributed by atoms with Crippen molar-refractivity contribution in [3.8, 4) is 0 Å². The molecule has 2 atom stereocenters. The van der Waals surface area contributed by atoms with E-state index in [1.165, 1.54) is 32.7 Å². The number of fused-ring (bicyclic) bond motifs is 3. The summed E-state index contributed by atoms with van der Waals surface area (Å²) in [5.41, 5.74) is 0. The molecule has 2 bridgehead atoms. The molecule has 3 saturated heterocycles. The van der Waals surface area contributed by atoms with E-state index in [0.717, 1.165) is 12.2 Å². The highest BCUT2D eigenvalue weighted by Crippen LogP contribution is 2.19. The summed E-state index contributed by atoms with van der Waals surface area (Å²) in [6.07, 6.45) is 2.58. The van der Waals surface area contributed by atoms with Crippen molar-refractivity contribution in [1.82, 2.24) is 29.9 Å². The second kappa shape index (κ2) is 4.95. The lowest BCUT2D eigenvalue weighted by Crippen LogP contribution is -2.66. The third kappa shape index (κ3) is 2.15. The summed E-state index contributed by atoms with van der Waals surface area (Å²) in [5.74, 6) is 1.06. The highest BCUT2D eigenvalue weighted by atomic mass is 15.4. The molecular weight excluding hydrogens is 228 g/mol. The van der Waals surface area contributed by atoms with Gasteiger partial charge in [0.2, 0.25) is 0 Å². The molecule has 1 N–H and O–H groups in total. The Kier molecular flexibility index (Phi) is 3.32. The van der Waals surface area contributed by atoms with Gasteiger partial charge in [0.25, 0.3) is 0 Å². The lowest BCUT2D eigenvalue weighted by atomic mass is 9.97. The van der Waals surface area contributed by atoms with E-state index in [-0.39, 0.29) is 0 Å². The molecule has 3 fully saturated rings. The number of piperazine rings is 3. The molecule has 100 valence electrons. The third-order valence-corrected chi connectivity index (χ3v) is 4.36. The van der Waals surface area contributed by atoms with Gasteiger partial charge in [-0.1, -0.05) is 0 Å². The molecule has 3 aliphatic rings. The van der Waals surface area contributed by atoms with Gasteiger partial charge in [-0.15, -0.1) is 0 Å². The summed E-state index contributed by atoms with van der Waals surface area (Å²) >= 11 is 0.